The van der Waals surface area contributed by atoms with Gasteiger partial charge in [-0.25, -0.2) is 0 Å². The van der Waals surface area contributed by atoms with Gasteiger partial charge in [-0.2, -0.15) is 8.78 Å². The summed E-state index contributed by atoms with van der Waals surface area (Å²) in [7, 11) is 0. The van der Waals surface area contributed by atoms with E-state index in [-0.39, 0.29) is 11.3 Å². The average molecular weight is 309 g/mol. The summed E-state index contributed by atoms with van der Waals surface area (Å²) < 4.78 is 29.0. The standard InChI is InChI=1S/C15H13F2NO2S/c1-21-11-6-4-5-10(9-11)18-14(19)12-7-2-3-8-13(12)20-15(16)17/h2-9,15H,1H3,(H,18,19). The van der Waals surface area contributed by atoms with Crippen LogP contribution in [0.2, 0.25) is 0 Å². The highest BCUT2D eigenvalue weighted by molar-refractivity contribution is 7.98. The molecule has 1 amide bonds. The molecule has 0 aliphatic carbocycles. The number of carbonyl (C=O) groups excluding carboxylic acids is 1. The second-order valence-electron chi connectivity index (χ2n) is 4.06. The molecule has 0 spiro atoms. The first kappa shape index (κ1) is 15.3. The fourth-order valence-corrected chi connectivity index (χ4v) is 2.21. The van der Waals surface area contributed by atoms with E-state index in [4.69, 9.17) is 0 Å². The molecule has 0 aliphatic heterocycles. The second-order valence-corrected chi connectivity index (χ2v) is 4.94. The lowest BCUT2D eigenvalue weighted by Crippen LogP contribution is -2.14. The minimum absolute atomic E-state index is 0.0624. The molecule has 0 atom stereocenters. The van der Waals surface area contributed by atoms with Crippen molar-refractivity contribution >= 4 is 23.4 Å². The van der Waals surface area contributed by atoms with Gasteiger partial charge in [-0.05, 0) is 36.6 Å². The molecule has 0 radical (unpaired) electrons. The van der Waals surface area contributed by atoms with E-state index in [0.717, 1.165) is 4.90 Å². The molecule has 1 N–H and O–H groups in total. The fraction of sp³-hybridized carbons (Fsp3) is 0.133. The second kappa shape index (κ2) is 7.08. The number of alkyl halides is 2. The van der Waals surface area contributed by atoms with Gasteiger partial charge in [0, 0.05) is 10.6 Å². The van der Waals surface area contributed by atoms with E-state index in [1.54, 1.807) is 30.0 Å². The Morgan fingerprint density at radius 3 is 2.67 bits per heavy atom. The van der Waals surface area contributed by atoms with Gasteiger partial charge in [0.05, 0.1) is 5.56 Å². The predicted molar refractivity (Wildman–Crippen MR) is 79.3 cm³/mol. The predicted octanol–water partition coefficient (Wildman–Crippen LogP) is 4.26. The van der Waals surface area contributed by atoms with Gasteiger partial charge in [-0.3, -0.25) is 4.79 Å². The minimum atomic E-state index is -2.97. The fourth-order valence-electron chi connectivity index (χ4n) is 1.75. The number of hydrogen-bond acceptors (Lipinski definition) is 3. The van der Waals surface area contributed by atoms with E-state index in [0.29, 0.717) is 5.69 Å². The van der Waals surface area contributed by atoms with Crippen molar-refractivity contribution < 1.29 is 18.3 Å². The Hall–Kier alpha value is -2.08. The van der Waals surface area contributed by atoms with Crippen molar-refractivity contribution in [3.05, 3.63) is 54.1 Å². The lowest BCUT2D eigenvalue weighted by Gasteiger charge is -2.11. The van der Waals surface area contributed by atoms with Gasteiger partial charge >= 0.3 is 6.61 Å². The van der Waals surface area contributed by atoms with Gasteiger partial charge in [-0.15, -0.1) is 11.8 Å². The smallest absolute Gasteiger partial charge is 0.387 e. The third-order valence-corrected chi connectivity index (χ3v) is 3.40. The summed E-state index contributed by atoms with van der Waals surface area (Å²) in [5.41, 5.74) is 0.658. The molecule has 6 heteroatoms. The Balaban J connectivity index is 2.20. The summed E-state index contributed by atoms with van der Waals surface area (Å²) in [4.78, 5) is 13.2. The molecule has 21 heavy (non-hydrogen) atoms. The van der Waals surface area contributed by atoms with E-state index in [1.165, 1.54) is 18.2 Å². The lowest BCUT2D eigenvalue weighted by molar-refractivity contribution is -0.0501. The summed E-state index contributed by atoms with van der Waals surface area (Å²) in [6.45, 7) is -2.97. The number of thioether (sulfide) groups is 1. The van der Waals surface area contributed by atoms with Crippen LogP contribution in [-0.4, -0.2) is 18.8 Å². The Labute approximate surface area is 125 Å². The van der Waals surface area contributed by atoms with Gasteiger partial charge in [0.25, 0.3) is 5.91 Å². The number of nitrogens with one attached hydrogen (secondary N) is 1. The van der Waals surface area contributed by atoms with Crippen molar-refractivity contribution in [3.63, 3.8) is 0 Å². The first-order chi connectivity index (χ1) is 10.1. The summed E-state index contributed by atoms with van der Waals surface area (Å²) >= 11 is 1.54. The number of rotatable bonds is 5. The highest BCUT2D eigenvalue weighted by atomic mass is 32.2. The van der Waals surface area contributed by atoms with Gasteiger partial charge < -0.3 is 10.1 Å². The summed E-state index contributed by atoms with van der Waals surface area (Å²) in [6.07, 6.45) is 1.92. The maximum atomic E-state index is 12.3. The van der Waals surface area contributed by atoms with E-state index in [9.17, 15) is 13.6 Å². The molecule has 0 aromatic heterocycles. The van der Waals surface area contributed by atoms with Crippen molar-refractivity contribution in [1.82, 2.24) is 0 Å². The molecular formula is C15H13F2NO2S. The number of carbonyl (C=O) groups is 1. The van der Waals surface area contributed by atoms with Crippen molar-refractivity contribution in [2.24, 2.45) is 0 Å². The van der Waals surface area contributed by atoms with Crippen LogP contribution in [0.4, 0.5) is 14.5 Å². The first-order valence-corrected chi connectivity index (χ1v) is 7.32. The van der Waals surface area contributed by atoms with Crippen LogP contribution in [0.15, 0.2) is 53.4 Å². The highest BCUT2D eigenvalue weighted by Crippen LogP contribution is 2.23. The van der Waals surface area contributed by atoms with E-state index >= 15 is 0 Å². The van der Waals surface area contributed by atoms with E-state index in [1.807, 2.05) is 18.4 Å². The summed E-state index contributed by atoms with van der Waals surface area (Å²) in [6, 6.07) is 13.1. The number of halogens is 2. The Kier molecular flexibility index (Phi) is 5.16. The van der Waals surface area contributed by atoms with Crippen LogP contribution in [0.5, 0.6) is 5.75 Å². The van der Waals surface area contributed by atoms with Crippen LogP contribution in [0.25, 0.3) is 0 Å². The summed E-state index contributed by atoms with van der Waals surface area (Å²) in [5.74, 6) is -0.643. The van der Waals surface area contributed by atoms with Crippen LogP contribution in [-0.2, 0) is 0 Å². The summed E-state index contributed by atoms with van der Waals surface area (Å²) in [5, 5.41) is 2.67. The monoisotopic (exact) mass is 309 g/mol. The zero-order valence-corrected chi connectivity index (χ0v) is 12.0. The molecule has 0 saturated heterocycles. The van der Waals surface area contributed by atoms with Gasteiger partial charge in [-0.1, -0.05) is 18.2 Å². The Bertz CT molecular complexity index is 635. The molecule has 3 nitrogen and oxygen atoms in total. The average Bonchev–Trinajstić information content (AvgIpc) is 2.47. The zero-order chi connectivity index (χ0) is 15.2. The number of anilines is 1. The topological polar surface area (TPSA) is 38.3 Å². The van der Waals surface area contributed by atoms with E-state index in [2.05, 4.69) is 10.1 Å². The van der Waals surface area contributed by atoms with Crippen LogP contribution in [0.3, 0.4) is 0 Å². The van der Waals surface area contributed by atoms with Crippen LogP contribution >= 0.6 is 11.8 Å². The zero-order valence-electron chi connectivity index (χ0n) is 11.2. The molecule has 0 saturated carbocycles. The Morgan fingerprint density at radius 2 is 1.95 bits per heavy atom. The first-order valence-electron chi connectivity index (χ1n) is 6.09. The number of hydrogen-bond donors (Lipinski definition) is 1. The normalized spacial score (nSPS) is 10.5. The molecule has 0 heterocycles. The van der Waals surface area contributed by atoms with Crippen LogP contribution in [0, 0.1) is 0 Å². The van der Waals surface area contributed by atoms with Gasteiger partial charge in [0.15, 0.2) is 0 Å². The van der Waals surface area contributed by atoms with Crippen LogP contribution < -0.4 is 10.1 Å². The molecule has 0 unspecified atom stereocenters. The minimum Gasteiger partial charge on any atom is -0.434 e. The lowest BCUT2D eigenvalue weighted by atomic mass is 10.2. The van der Waals surface area contributed by atoms with Crippen molar-refractivity contribution in [1.29, 1.82) is 0 Å². The number of para-hydroxylation sites is 1. The van der Waals surface area contributed by atoms with Crippen LogP contribution in [0.1, 0.15) is 10.4 Å². The third-order valence-electron chi connectivity index (χ3n) is 2.68. The van der Waals surface area contributed by atoms with Crippen molar-refractivity contribution in [3.8, 4) is 5.75 Å². The van der Waals surface area contributed by atoms with E-state index < -0.39 is 12.5 Å². The maximum Gasteiger partial charge on any atom is 0.387 e. The number of benzene rings is 2. The van der Waals surface area contributed by atoms with Crippen molar-refractivity contribution in [2.75, 3.05) is 11.6 Å². The van der Waals surface area contributed by atoms with Gasteiger partial charge in [0.2, 0.25) is 0 Å². The molecule has 2 aromatic carbocycles. The van der Waals surface area contributed by atoms with Crippen molar-refractivity contribution in [2.45, 2.75) is 11.5 Å². The molecule has 2 rings (SSSR count). The maximum absolute atomic E-state index is 12.3. The Morgan fingerprint density at radius 1 is 1.19 bits per heavy atom. The molecule has 0 fully saturated rings. The molecular weight excluding hydrogens is 296 g/mol. The highest BCUT2D eigenvalue weighted by Gasteiger charge is 2.15. The molecule has 0 bridgehead atoms. The number of amides is 1. The largest absolute Gasteiger partial charge is 0.434 e. The number of ether oxygens (including phenoxy) is 1. The SMILES string of the molecule is CSc1cccc(NC(=O)c2ccccc2OC(F)F)c1. The molecule has 2 aromatic rings. The molecule has 110 valence electrons. The van der Waals surface area contributed by atoms with Gasteiger partial charge in [0.1, 0.15) is 5.75 Å². The quantitative estimate of drug-likeness (QED) is 0.839. The molecule has 0 aliphatic rings. The third kappa shape index (κ3) is 4.19.